The molecule has 0 aliphatic rings. The number of primary sulfonamides is 1. The highest BCUT2D eigenvalue weighted by Crippen LogP contribution is 2.28. The van der Waals surface area contributed by atoms with Gasteiger partial charge in [0.1, 0.15) is 17.0 Å². The SMILES string of the molecule is CCc1oc2ccccc2c1/C=N\Nc1ccc(S(N)(=O)=O)cc1[N+](=O)[O-]. The van der Waals surface area contributed by atoms with Crippen molar-refractivity contribution in [1.82, 2.24) is 0 Å². The number of furan rings is 1. The Labute approximate surface area is 154 Å². The molecule has 0 aliphatic heterocycles. The number of benzene rings is 2. The molecule has 3 rings (SSSR count). The van der Waals surface area contributed by atoms with Gasteiger partial charge in [-0.15, -0.1) is 0 Å². The number of nitro groups is 1. The van der Waals surface area contributed by atoms with Gasteiger partial charge in [-0.1, -0.05) is 25.1 Å². The molecule has 0 aliphatic carbocycles. The molecular formula is C17H16N4O5S. The summed E-state index contributed by atoms with van der Waals surface area (Å²) in [6.45, 7) is 1.94. The van der Waals surface area contributed by atoms with Crippen LogP contribution in [0.4, 0.5) is 11.4 Å². The highest BCUT2D eigenvalue weighted by Gasteiger charge is 2.19. The molecule has 0 saturated heterocycles. The van der Waals surface area contributed by atoms with E-state index in [9.17, 15) is 18.5 Å². The minimum absolute atomic E-state index is 0.0366. The van der Waals surface area contributed by atoms with Crippen molar-refractivity contribution in [2.45, 2.75) is 18.2 Å². The van der Waals surface area contributed by atoms with Crippen molar-refractivity contribution in [2.75, 3.05) is 5.43 Å². The molecule has 0 atom stereocenters. The molecule has 0 spiro atoms. The number of hydrogen-bond donors (Lipinski definition) is 2. The summed E-state index contributed by atoms with van der Waals surface area (Å²) in [6.07, 6.45) is 2.17. The first-order valence-corrected chi connectivity index (χ1v) is 9.46. The molecular weight excluding hydrogens is 372 g/mol. The molecule has 3 aromatic rings. The summed E-state index contributed by atoms with van der Waals surface area (Å²) in [5.74, 6) is 0.737. The summed E-state index contributed by atoms with van der Waals surface area (Å²) in [5, 5.41) is 21.2. The van der Waals surface area contributed by atoms with Crippen LogP contribution in [0.1, 0.15) is 18.2 Å². The number of hydrogen-bond acceptors (Lipinski definition) is 7. The van der Waals surface area contributed by atoms with Crippen LogP contribution in [-0.4, -0.2) is 19.6 Å². The van der Waals surface area contributed by atoms with E-state index in [1.807, 2.05) is 31.2 Å². The van der Waals surface area contributed by atoms with Crippen molar-refractivity contribution in [3.05, 3.63) is 63.9 Å². The maximum Gasteiger partial charge on any atom is 0.295 e. The van der Waals surface area contributed by atoms with Crippen LogP contribution in [-0.2, 0) is 16.4 Å². The lowest BCUT2D eigenvalue weighted by Gasteiger charge is -2.04. The number of nitrogens with two attached hydrogens (primary N) is 1. The van der Waals surface area contributed by atoms with Crippen LogP contribution in [0.2, 0.25) is 0 Å². The fourth-order valence-electron chi connectivity index (χ4n) is 2.62. The minimum Gasteiger partial charge on any atom is -0.460 e. The lowest BCUT2D eigenvalue weighted by atomic mass is 10.1. The molecule has 0 amide bonds. The molecule has 3 N–H and O–H groups in total. The Kier molecular flexibility index (Phi) is 4.93. The van der Waals surface area contributed by atoms with E-state index in [1.165, 1.54) is 18.3 Å². The van der Waals surface area contributed by atoms with Crippen molar-refractivity contribution >= 4 is 38.6 Å². The molecule has 1 aromatic heterocycles. The Morgan fingerprint density at radius 3 is 2.70 bits per heavy atom. The number of aryl methyl sites for hydroxylation is 1. The lowest BCUT2D eigenvalue weighted by Crippen LogP contribution is -2.12. The van der Waals surface area contributed by atoms with Crippen LogP contribution in [0.3, 0.4) is 0 Å². The average Bonchev–Trinajstić information content (AvgIpc) is 2.99. The smallest absolute Gasteiger partial charge is 0.295 e. The molecule has 140 valence electrons. The largest absolute Gasteiger partial charge is 0.460 e. The number of anilines is 1. The Bertz CT molecular complexity index is 1150. The number of rotatable bonds is 6. The summed E-state index contributed by atoms with van der Waals surface area (Å²) in [5.41, 5.74) is 3.65. The lowest BCUT2D eigenvalue weighted by molar-refractivity contribution is -0.384. The van der Waals surface area contributed by atoms with Crippen LogP contribution in [0.25, 0.3) is 11.0 Å². The van der Waals surface area contributed by atoms with Crippen LogP contribution >= 0.6 is 0 Å². The minimum atomic E-state index is -4.05. The van der Waals surface area contributed by atoms with Crippen molar-refractivity contribution in [2.24, 2.45) is 10.2 Å². The third-order valence-electron chi connectivity index (χ3n) is 3.90. The van der Waals surface area contributed by atoms with Crippen molar-refractivity contribution in [1.29, 1.82) is 0 Å². The van der Waals surface area contributed by atoms with Gasteiger partial charge in [-0.2, -0.15) is 5.10 Å². The molecule has 0 bridgehead atoms. The van der Waals surface area contributed by atoms with E-state index in [1.54, 1.807) is 0 Å². The maximum atomic E-state index is 11.4. The second-order valence-corrected chi connectivity index (χ2v) is 7.20. The number of nitro benzene ring substituents is 1. The van der Waals surface area contributed by atoms with Gasteiger partial charge in [-0.05, 0) is 18.2 Å². The number of sulfonamides is 1. The Hall–Kier alpha value is -3.24. The van der Waals surface area contributed by atoms with Crippen molar-refractivity contribution in [3.63, 3.8) is 0 Å². The monoisotopic (exact) mass is 388 g/mol. The molecule has 0 fully saturated rings. The van der Waals surface area contributed by atoms with Gasteiger partial charge in [-0.3, -0.25) is 15.5 Å². The van der Waals surface area contributed by atoms with Crippen LogP contribution in [0.15, 0.2) is 56.9 Å². The fraction of sp³-hybridized carbons (Fsp3) is 0.118. The van der Waals surface area contributed by atoms with Gasteiger partial charge >= 0.3 is 0 Å². The van der Waals surface area contributed by atoms with Crippen LogP contribution < -0.4 is 10.6 Å². The second kappa shape index (κ2) is 7.17. The first-order chi connectivity index (χ1) is 12.8. The molecule has 9 nitrogen and oxygen atoms in total. The molecule has 0 saturated carbocycles. The number of hydrazone groups is 1. The van der Waals surface area contributed by atoms with Gasteiger partial charge in [0, 0.05) is 23.4 Å². The van der Waals surface area contributed by atoms with Crippen molar-refractivity contribution < 1.29 is 17.8 Å². The van der Waals surface area contributed by atoms with E-state index in [2.05, 4.69) is 10.5 Å². The Morgan fingerprint density at radius 2 is 2.04 bits per heavy atom. The molecule has 27 heavy (non-hydrogen) atoms. The van der Waals surface area contributed by atoms with Crippen LogP contribution in [0.5, 0.6) is 0 Å². The highest BCUT2D eigenvalue weighted by molar-refractivity contribution is 7.89. The zero-order valence-corrected chi connectivity index (χ0v) is 15.1. The number of para-hydroxylation sites is 1. The van der Waals surface area contributed by atoms with Crippen LogP contribution in [0, 0.1) is 10.1 Å². The third kappa shape index (κ3) is 3.81. The molecule has 10 heteroatoms. The summed E-state index contributed by atoms with van der Waals surface area (Å²) >= 11 is 0. The summed E-state index contributed by atoms with van der Waals surface area (Å²) in [6, 6.07) is 10.8. The molecule has 2 aromatic carbocycles. The summed E-state index contributed by atoms with van der Waals surface area (Å²) < 4.78 is 28.5. The maximum absolute atomic E-state index is 11.4. The van der Waals surface area contributed by atoms with E-state index in [0.717, 1.165) is 28.4 Å². The zero-order valence-electron chi connectivity index (χ0n) is 14.2. The first kappa shape index (κ1) is 18.5. The highest BCUT2D eigenvalue weighted by atomic mass is 32.2. The second-order valence-electron chi connectivity index (χ2n) is 5.64. The normalized spacial score (nSPS) is 11.9. The number of nitrogens with zero attached hydrogens (tertiary/aromatic N) is 2. The van der Waals surface area contributed by atoms with E-state index in [-0.39, 0.29) is 10.6 Å². The molecule has 0 radical (unpaired) electrons. The van der Waals surface area contributed by atoms with E-state index >= 15 is 0 Å². The van der Waals surface area contributed by atoms with E-state index in [0.29, 0.717) is 6.42 Å². The summed E-state index contributed by atoms with van der Waals surface area (Å²) in [7, 11) is -4.05. The quantitative estimate of drug-likeness (QED) is 0.378. The van der Waals surface area contributed by atoms with Crippen molar-refractivity contribution in [3.8, 4) is 0 Å². The van der Waals surface area contributed by atoms with Gasteiger partial charge in [0.25, 0.3) is 5.69 Å². The third-order valence-corrected chi connectivity index (χ3v) is 4.82. The Balaban J connectivity index is 1.94. The van der Waals surface area contributed by atoms with Gasteiger partial charge in [0.15, 0.2) is 0 Å². The average molecular weight is 388 g/mol. The van der Waals surface area contributed by atoms with E-state index in [4.69, 9.17) is 9.56 Å². The predicted octanol–water partition coefficient (Wildman–Crippen LogP) is 3.00. The topological polar surface area (TPSA) is 141 Å². The summed E-state index contributed by atoms with van der Waals surface area (Å²) in [4.78, 5) is 10.2. The van der Waals surface area contributed by atoms with E-state index < -0.39 is 20.6 Å². The van der Waals surface area contributed by atoms with Gasteiger partial charge in [0.05, 0.1) is 16.0 Å². The molecule has 1 heterocycles. The van der Waals surface area contributed by atoms with Gasteiger partial charge < -0.3 is 4.42 Å². The van der Waals surface area contributed by atoms with Gasteiger partial charge in [0.2, 0.25) is 10.0 Å². The number of nitrogens with one attached hydrogen (secondary N) is 1. The molecule has 0 unspecified atom stereocenters. The fourth-order valence-corrected chi connectivity index (χ4v) is 3.15. The Morgan fingerprint density at radius 1 is 1.30 bits per heavy atom. The zero-order chi connectivity index (χ0) is 19.6. The van der Waals surface area contributed by atoms with Gasteiger partial charge in [-0.25, -0.2) is 13.6 Å². The predicted molar refractivity (Wildman–Crippen MR) is 101 cm³/mol. The first-order valence-electron chi connectivity index (χ1n) is 7.92. The standard InChI is InChI=1S/C17H16N4O5S/c1-2-16-13(12-5-3-4-6-17(12)26-16)10-19-20-14-8-7-11(27(18,24)25)9-15(14)21(22)23/h3-10,20H,2H2,1H3,(H2,18,24,25)/b19-10-. The number of fused-ring (bicyclic) bond motifs is 1.